The Balaban J connectivity index is 1.71. The average molecular weight is 371 g/mol. The van der Waals surface area contributed by atoms with Gasteiger partial charge in [0.05, 0.1) is 5.56 Å². The van der Waals surface area contributed by atoms with E-state index in [1.54, 1.807) is 0 Å². The molecule has 4 nitrogen and oxygen atoms in total. The van der Waals surface area contributed by atoms with Crippen molar-refractivity contribution in [2.45, 2.75) is 51.9 Å². The van der Waals surface area contributed by atoms with Gasteiger partial charge in [0.1, 0.15) is 5.00 Å². The highest BCUT2D eigenvalue weighted by Gasteiger charge is 2.28. The van der Waals surface area contributed by atoms with Crippen LogP contribution >= 0.6 is 11.3 Å². The molecule has 1 aliphatic rings. The summed E-state index contributed by atoms with van der Waals surface area (Å²) >= 11 is 1.54. The van der Waals surface area contributed by atoms with Gasteiger partial charge < -0.3 is 11.1 Å². The molecule has 0 aliphatic heterocycles. The van der Waals surface area contributed by atoms with Crippen LogP contribution in [-0.2, 0) is 24.1 Å². The van der Waals surface area contributed by atoms with E-state index in [0.717, 1.165) is 30.4 Å². The summed E-state index contributed by atoms with van der Waals surface area (Å²) in [6.07, 6.45) is 6.44. The van der Waals surface area contributed by atoms with Gasteiger partial charge >= 0.3 is 0 Å². The van der Waals surface area contributed by atoms with Crippen LogP contribution in [-0.4, -0.2) is 11.8 Å². The zero-order chi connectivity index (χ0) is 18.5. The first-order chi connectivity index (χ1) is 12.6. The predicted molar refractivity (Wildman–Crippen MR) is 107 cm³/mol. The number of carbonyl (C=O) groups is 2. The van der Waals surface area contributed by atoms with Crippen molar-refractivity contribution in [1.82, 2.24) is 0 Å². The molecule has 5 heteroatoms. The van der Waals surface area contributed by atoms with E-state index < -0.39 is 5.91 Å². The molecule has 0 radical (unpaired) electrons. The molecule has 2 aromatic rings. The molecule has 26 heavy (non-hydrogen) atoms. The van der Waals surface area contributed by atoms with Crippen LogP contribution in [0.15, 0.2) is 30.3 Å². The molecule has 3 N–H and O–H groups in total. The van der Waals surface area contributed by atoms with Gasteiger partial charge in [0.15, 0.2) is 0 Å². The number of anilines is 1. The summed E-state index contributed by atoms with van der Waals surface area (Å²) < 4.78 is 0. The highest BCUT2D eigenvalue weighted by molar-refractivity contribution is 7.17. The smallest absolute Gasteiger partial charge is 0.251 e. The van der Waals surface area contributed by atoms with E-state index in [2.05, 4.69) is 12.2 Å². The number of carbonyl (C=O) groups excluding carboxylic acids is 2. The van der Waals surface area contributed by atoms with Crippen molar-refractivity contribution in [2.75, 3.05) is 5.32 Å². The molecule has 3 rings (SSSR count). The Kier molecular flexibility index (Phi) is 6.09. The average Bonchev–Trinajstić information content (AvgIpc) is 2.98. The van der Waals surface area contributed by atoms with E-state index >= 15 is 0 Å². The van der Waals surface area contributed by atoms with Crippen molar-refractivity contribution < 1.29 is 9.59 Å². The van der Waals surface area contributed by atoms with Crippen molar-refractivity contribution in [3.63, 3.8) is 0 Å². The third kappa shape index (κ3) is 4.33. The molecule has 2 amide bonds. The van der Waals surface area contributed by atoms with Crippen LogP contribution in [0, 0.1) is 5.92 Å². The number of primary amides is 1. The van der Waals surface area contributed by atoms with Gasteiger partial charge in [0, 0.05) is 11.3 Å². The minimum atomic E-state index is -0.435. The second-order valence-electron chi connectivity index (χ2n) is 7.00. The fraction of sp³-hybridized carbons (Fsp3) is 0.429. The number of rotatable bonds is 7. The summed E-state index contributed by atoms with van der Waals surface area (Å²) in [5.41, 5.74) is 8.36. The summed E-state index contributed by atoms with van der Waals surface area (Å²) in [4.78, 5) is 25.6. The molecule has 138 valence electrons. The van der Waals surface area contributed by atoms with Gasteiger partial charge in [0.25, 0.3) is 5.91 Å². The topological polar surface area (TPSA) is 72.2 Å². The minimum absolute atomic E-state index is 0.0694. The van der Waals surface area contributed by atoms with Gasteiger partial charge in [-0.3, -0.25) is 9.59 Å². The lowest BCUT2D eigenvalue weighted by Crippen LogP contribution is -2.20. The van der Waals surface area contributed by atoms with Gasteiger partial charge in [0.2, 0.25) is 5.91 Å². The van der Waals surface area contributed by atoms with Gasteiger partial charge in [-0.1, -0.05) is 50.1 Å². The van der Waals surface area contributed by atoms with Gasteiger partial charge in [-0.15, -0.1) is 11.3 Å². The monoisotopic (exact) mass is 370 g/mol. The van der Waals surface area contributed by atoms with E-state index in [1.165, 1.54) is 29.1 Å². The number of amides is 2. The molecule has 0 saturated carbocycles. The first-order valence-electron chi connectivity index (χ1n) is 9.36. The molecule has 0 saturated heterocycles. The summed E-state index contributed by atoms with van der Waals surface area (Å²) in [7, 11) is 0. The summed E-state index contributed by atoms with van der Waals surface area (Å²) in [6, 6.07) is 9.93. The first kappa shape index (κ1) is 18.6. The number of thiophene rings is 1. The Labute approximate surface area is 158 Å². The second kappa shape index (κ2) is 8.49. The molecule has 1 aromatic carbocycles. The van der Waals surface area contributed by atoms with Crippen LogP contribution in [0.25, 0.3) is 0 Å². The Bertz CT molecular complexity index is 783. The Morgan fingerprint density at radius 3 is 2.73 bits per heavy atom. The van der Waals surface area contributed by atoms with Crippen LogP contribution < -0.4 is 11.1 Å². The maximum atomic E-state index is 12.4. The number of fused-ring (bicyclic) bond motifs is 1. The molecular weight excluding hydrogens is 344 g/mol. The quantitative estimate of drug-likeness (QED) is 0.762. The zero-order valence-electron chi connectivity index (χ0n) is 15.2. The highest BCUT2D eigenvalue weighted by Crippen LogP contribution is 2.40. The van der Waals surface area contributed by atoms with E-state index in [9.17, 15) is 9.59 Å². The number of nitrogens with one attached hydrogen (secondary N) is 1. The zero-order valence-corrected chi connectivity index (χ0v) is 16.0. The number of hydrogen-bond acceptors (Lipinski definition) is 3. The van der Waals surface area contributed by atoms with Crippen LogP contribution in [0.4, 0.5) is 5.00 Å². The molecule has 1 aliphatic carbocycles. The first-order valence-corrected chi connectivity index (χ1v) is 10.2. The molecule has 1 atom stereocenters. The third-order valence-electron chi connectivity index (χ3n) is 5.05. The number of benzene rings is 1. The number of aryl methyl sites for hydroxylation is 1. The summed E-state index contributed by atoms with van der Waals surface area (Å²) in [5.74, 6) is 0.170. The fourth-order valence-corrected chi connectivity index (χ4v) is 5.13. The molecule has 0 bridgehead atoms. The predicted octanol–water partition coefficient (Wildman–Crippen LogP) is 4.32. The standard InChI is InChI=1S/C21H26N2O2S/c1-2-6-15-9-11-16-17(13-15)26-21(19(16)20(22)25)23-18(24)12-10-14-7-4-3-5-8-14/h3-5,7-8,15H,2,6,9-13H2,1H3,(H2,22,25)(H,23,24). The van der Waals surface area contributed by atoms with E-state index in [0.29, 0.717) is 29.3 Å². The molecule has 1 unspecified atom stereocenters. The van der Waals surface area contributed by atoms with Crippen LogP contribution in [0.1, 0.15) is 59.0 Å². The lowest BCUT2D eigenvalue weighted by atomic mass is 9.84. The maximum absolute atomic E-state index is 12.4. The second-order valence-corrected chi connectivity index (χ2v) is 8.11. The van der Waals surface area contributed by atoms with Gasteiger partial charge in [-0.2, -0.15) is 0 Å². The fourth-order valence-electron chi connectivity index (χ4n) is 3.75. The molecule has 0 spiro atoms. The lowest BCUT2D eigenvalue weighted by molar-refractivity contribution is -0.116. The summed E-state index contributed by atoms with van der Waals surface area (Å²) in [5, 5.41) is 3.58. The molecule has 1 aromatic heterocycles. The van der Waals surface area contributed by atoms with Crippen molar-refractivity contribution in [2.24, 2.45) is 11.7 Å². The van der Waals surface area contributed by atoms with Crippen molar-refractivity contribution >= 4 is 28.2 Å². The van der Waals surface area contributed by atoms with Crippen molar-refractivity contribution in [3.8, 4) is 0 Å². The lowest BCUT2D eigenvalue weighted by Gasteiger charge is -2.21. The van der Waals surface area contributed by atoms with E-state index in [1.807, 2.05) is 30.3 Å². The van der Waals surface area contributed by atoms with E-state index in [4.69, 9.17) is 5.73 Å². The Hall–Kier alpha value is -2.14. The highest BCUT2D eigenvalue weighted by atomic mass is 32.1. The minimum Gasteiger partial charge on any atom is -0.365 e. The van der Waals surface area contributed by atoms with Gasteiger partial charge in [-0.25, -0.2) is 0 Å². The maximum Gasteiger partial charge on any atom is 0.251 e. The number of nitrogens with two attached hydrogens (primary N) is 1. The Morgan fingerprint density at radius 1 is 1.27 bits per heavy atom. The van der Waals surface area contributed by atoms with Crippen LogP contribution in [0.2, 0.25) is 0 Å². The number of hydrogen-bond donors (Lipinski definition) is 2. The SMILES string of the molecule is CCCC1CCc2c(sc(NC(=O)CCc3ccccc3)c2C(N)=O)C1. The van der Waals surface area contributed by atoms with E-state index in [-0.39, 0.29) is 5.91 Å². The largest absolute Gasteiger partial charge is 0.365 e. The van der Waals surface area contributed by atoms with Gasteiger partial charge in [-0.05, 0) is 42.7 Å². The van der Waals surface area contributed by atoms with Crippen molar-refractivity contribution in [1.29, 1.82) is 0 Å². The Morgan fingerprint density at radius 2 is 2.04 bits per heavy atom. The summed E-state index contributed by atoms with van der Waals surface area (Å²) in [6.45, 7) is 2.21. The van der Waals surface area contributed by atoms with Crippen molar-refractivity contribution in [3.05, 3.63) is 51.9 Å². The third-order valence-corrected chi connectivity index (χ3v) is 6.22. The molecule has 0 fully saturated rings. The van der Waals surface area contributed by atoms with Crippen LogP contribution in [0.5, 0.6) is 0 Å². The normalized spacial score (nSPS) is 16.1. The molecule has 1 heterocycles. The molecular formula is C21H26N2O2S. The van der Waals surface area contributed by atoms with Crippen LogP contribution in [0.3, 0.4) is 0 Å².